The quantitative estimate of drug-likeness (QED) is 0.482. The van der Waals surface area contributed by atoms with E-state index in [1.807, 2.05) is 6.92 Å². The van der Waals surface area contributed by atoms with Crippen molar-refractivity contribution in [2.24, 2.45) is 5.92 Å². The van der Waals surface area contributed by atoms with E-state index in [0.29, 0.717) is 5.92 Å². The Morgan fingerprint density at radius 2 is 2.36 bits per heavy atom. The molecule has 0 rings (SSSR count). The van der Waals surface area contributed by atoms with Crippen LogP contribution in [0, 0.1) is 18.3 Å². The highest BCUT2D eigenvalue weighted by atomic mass is 16.3. The molecule has 1 atom stereocenters. The van der Waals surface area contributed by atoms with Crippen molar-refractivity contribution < 1.29 is 5.11 Å². The molecule has 0 unspecified atom stereocenters. The highest BCUT2D eigenvalue weighted by molar-refractivity contribution is 5.03. The van der Waals surface area contributed by atoms with E-state index >= 15 is 0 Å². The Labute approximate surface area is 69.1 Å². The van der Waals surface area contributed by atoms with E-state index in [1.165, 1.54) is 0 Å². The number of hydrogen-bond donors (Lipinski definition) is 1. The fraction of sp³-hybridized carbons (Fsp3) is 0.600. The highest BCUT2D eigenvalue weighted by Crippen LogP contribution is 2.11. The molecule has 0 spiro atoms. The van der Waals surface area contributed by atoms with Crippen LogP contribution >= 0.6 is 0 Å². The molecule has 0 radical (unpaired) electrons. The summed E-state index contributed by atoms with van der Waals surface area (Å²) in [5.74, 6) is 3.06. The second-order valence-corrected chi connectivity index (χ2v) is 2.75. The Balaban J connectivity index is 3.96. The predicted octanol–water partition coefficient (Wildman–Crippen LogP) is 1.97. The monoisotopic (exact) mass is 152 g/mol. The summed E-state index contributed by atoms with van der Waals surface area (Å²) in [6.45, 7) is 4.16. The van der Waals surface area contributed by atoms with Crippen LogP contribution in [0.3, 0.4) is 0 Å². The van der Waals surface area contributed by atoms with Gasteiger partial charge in [-0.25, -0.2) is 0 Å². The molecule has 0 amide bonds. The first-order chi connectivity index (χ1) is 5.24. The van der Waals surface area contributed by atoms with Crippen LogP contribution in [0.5, 0.6) is 0 Å². The fourth-order valence-electron chi connectivity index (χ4n) is 0.928. The molecular formula is C10H16O. The third-order valence-electron chi connectivity index (χ3n) is 1.67. The van der Waals surface area contributed by atoms with Gasteiger partial charge in [-0.1, -0.05) is 18.6 Å². The number of aliphatic hydroxyl groups excluding tert-OH is 1. The van der Waals surface area contributed by atoms with Gasteiger partial charge in [-0.2, -0.15) is 0 Å². The first-order valence-electron chi connectivity index (χ1n) is 3.96. The van der Waals surface area contributed by atoms with Crippen molar-refractivity contribution in [2.75, 3.05) is 6.61 Å². The van der Waals surface area contributed by atoms with Crippen LogP contribution in [0.4, 0.5) is 0 Å². The van der Waals surface area contributed by atoms with Crippen molar-refractivity contribution in [3.63, 3.8) is 0 Å². The molecule has 1 heteroatoms. The Hall–Kier alpha value is -0.740. The van der Waals surface area contributed by atoms with Crippen LogP contribution in [-0.2, 0) is 0 Å². The lowest BCUT2D eigenvalue weighted by molar-refractivity contribution is 0.330. The van der Waals surface area contributed by atoms with Crippen molar-refractivity contribution in [1.82, 2.24) is 0 Å². The van der Waals surface area contributed by atoms with Crippen molar-refractivity contribution in [3.8, 4) is 12.3 Å². The second-order valence-electron chi connectivity index (χ2n) is 2.75. The van der Waals surface area contributed by atoms with Crippen LogP contribution in [0.25, 0.3) is 0 Å². The van der Waals surface area contributed by atoms with E-state index < -0.39 is 0 Å². The van der Waals surface area contributed by atoms with Crippen LogP contribution in [0.2, 0.25) is 0 Å². The summed E-state index contributed by atoms with van der Waals surface area (Å²) in [7, 11) is 0. The minimum absolute atomic E-state index is 0.140. The first kappa shape index (κ1) is 10.3. The van der Waals surface area contributed by atoms with E-state index in [-0.39, 0.29) is 6.61 Å². The number of allylic oxidation sites excluding steroid dienone is 1. The molecule has 0 aliphatic rings. The van der Waals surface area contributed by atoms with Gasteiger partial charge in [-0.15, -0.1) is 12.3 Å². The molecule has 0 bridgehead atoms. The smallest absolute Gasteiger partial charge is 0.0639 e. The molecule has 0 aromatic heterocycles. The van der Waals surface area contributed by atoms with Gasteiger partial charge in [0.15, 0.2) is 0 Å². The Kier molecular flexibility index (Phi) is 5.60. The molecule has 0 aliphatic heterocycles. The lowest BCUT2D eigenvalue weighted by Crippen LogP contribution is -1.95. The second kappa shape index (κ2) is 6.00. The number of aliphatic hydroxyl groups is 1. The van der Waals surface area contributed by atoms with E-state index in [2.05, 4.69) is 18.9 Å². The SMILES string of the molecule is C#CC[C@H](/C=C(\C)CO)CC. The van der Waals surface area contributed by atoms with Gasteiger partial charge in [0.2, 0.25) is 0 Å². The van der Waals surface area contributed by atoms with E-state index in [4.69, 9.17) is 11.5 Å². The molecule has 0 fully saturated rings. The summed E-state index contributed by atoms with van der Waals surface area (Å²) in [4.78, 5) is 0. The predicted molar refractivity (Wildman–Crippen MR) is 48.1 cm³/mol. The Bertz CT molecular complexity index is 162. The number of terminal acetylenes is 1. The first-order valence-corrected chi connectivity index (χ1v) is 3.96. The maximum Gasteiger partial charge on any atom is 0.0639 e. The summed E-state index contributed by atoms with van der Waals surface area (Å²) in [6.07, 6.45) is 9.05. The minimum atomic E-state index is 0.140. The topological polar surface area (TPSA) is 20.2 Å². The zero-order valence-electron chi connectivity index (χ0n) is 7.30. The van der Waals surface area contributed by atoms with Crippen molar-refractivity contribution in [1.29, 1.82) is 0 Å². The third kappa shape index (κ3) is 4.64. The minimum Gasteiger partial charge on any atom is -0.392 e. The maximum absolute atomic E-state index is 8.73. The maximum atomic E-state index is 8.73. The van der Waals surface area contributed by atoms with Crippen molar-refractivity contribution in [2.45, 2.75) is 26.7 Å². The van der Waals surface area contributed by atoms with E-state index in [0.717, 1.165) is 18.4 Å². The standard InChI is InChI=1S/C10H16O/c1-4-6-10(5-2)7-9(3)8-11/h1,7,10-11H,5-6,8H2,2-3H3/b9-7+/t10-/m1/s1. The summed E-state index contributed by atoms with van der Waals surface area (Å²) in [5.41, 5.74) is 1.01. The van der Waals surface area contributed by atoms with Crippen LogP contribution in [0.15, 0.2) is 11.6 Å². The summed E-state index contributed by atoms with van der Waals surface area (Å²) >= 11 is 0. The molecule has 0 aromatic carbocycles. The zero-order valence-corrected chi connectivity index (χ0v) is 7.30. The summed E-state index contributed by atoms with van der Waals surface area (Å²) in [6, 6.07) is 0. The third-order valence-corrected chi connectivity index (χ3v) is 1.67. The van der Waals surface area contributed by atoms with Gasteiger partial charge >= 0.3 is 0 Å². The lowest BCUT2D eigenvalue weighted by atomic mass is 10.0. The van der Waals surface area contributed by atoms with Gasteiger partial charge in [0.1, 0.15) is 0 Å². The molecule has 0 aliphatic carbocycles. The lowest BCUT2D eigenvalue weighted by Gasteiger charge is -2.06. The van der Waals surface area contributed by atoms with Crippen LogP contribution < -0.4 is 0 Å². The van der Waals surface area contributed by atoms with Gasteiger partial charge in [0.05, 0.1) is 6.61 Å². The molecule has 1 nitrogen and oxygen atoms in total. The van der Waals surface area contributed by atoms with Gasteiger partial charge in [0, 0.05) is 6.42 Å². The molecule has 0 heterocycles. The van der Waals surface area contributed by atoms with E-state index in [9.17, 15) is 0 Å². The number of hydrogen-bond acceptors (Lipinski definition) is 1. The fourth-order valence-corrected chi connectivity index (χ4v) is 0.928. The molecule has 0 saturated carbocycles. The molecule has 1 N–H and O–H groups in total. The largest absolute Gasteiger partial charge is 0.392 e. The highest BCUT2D eigenvalue weighted by Gasteiger charge is 1.99. The van der Waals surface area contributed by atoms with Crippen LogP contribution in [-0.4, -0.2) is 11.7 Å². The molecule has 0 aromatic rings. The number of rotatable bonds is 4. The average molecular weight is 152 g/mol. The zero-order chi connectivity index (χ0) is 8.69. The normalized spacial score (nSPS) is 14.2. The van der Waals surface area contributed by atoms with E-state index in [1.54, 1.807) is 0 Å². The van der Waals surface area contributed by atoms with Gasteiger partial charge < -0.3 is 5.11 Å². The average Bonchev–Trinajstić information content (AvgIpc) is 2.03. The van der Waals surface area contributed by atoms with Crippen LogP contribution in [0.1, 0.15) is 26.7 Å². The van der Waals surface area contributed by atoms with Gasteiger partial charge in [0.25, 0.3) is 0 Å². The van der Waals surface area contributed by atoms with Crippen molar-refractivity contribution in [3.05, 3.63) is 11.6 Å². The summed E-state index contributed by atoms with van der Waals surface area (Å²) in [5, 5.41) is 8.73. The molecule has 11 heavy (non-hydrogen) atoms. The Morgan fingerprint density at radius 1 is 1.73 bits per heavy atom. The molecule has 0 saturated heterocycles. The molecule has 62 valence electrons. The van der Waals surface area contributed by atoms with Gasteiger partial charge in [-0.3, -0.25) is 0 Å². The van der Waals surface area contributed by atoms with Crippen molar-refractivity contribution >= 4 is 0 Å². The summed E-state index contributed by atoms with van der Waals surface area (Å²) < 4.78 is 0. The molecular weight excluding hydrogens is 136 g/mol. The Morgan fingerprint density at radius 3 is 2.73 bits per heavy atom. The van der Waals surface area contributed by atoms with Gasteiger partial charge in [-0.05, 0) is 19.3 Å².